The minimum Gasteiger partial charge on any atom is -0.481 e. The fourth-order valence-corrected chi connectivity index (χ4v) is 2.77. The highest BCUT2D eigenvalue weighted by Crippen LogP contribution is 2.25. The zero-order valence-corrected chi connectivity index (χ0v) is 12.2. The molecule has 5 nitrogen and oxygen atoms in total. The molecule has 2 aromatic rings. The first kappa shape index (κ1) is 14.3. The number of nitrogens with zero attached hydrogens (tertiary/aromatic N) is 2. The van der Waals surface area contributed by atoms with Crippen molar-refractivity contribution in [3.8, 4) is 5.88 Å². The van der Waals surface area contributed by atoms with Gasteiger partial charge in [-0.1, -0.05) is 18.2 Å². The van der Waals surface area contributed by atoms with Crippen LogP contribution in [0.4, 0.5) is 0 Å². The van der Waals surface area contributed by atoms with E-state index in [9.17, 15) is 5.11 Å². The van der Waals surface area contributed by atoms with Crippen LogP contribution in [0.3, 0.4) is 0 Å². The number of aromatic nitrogens is 1. The average Bonchev–Trinajstić information content (AvgIpc) is 2.54. The van der Waals surface area contributed by atoms with Gasteiger partial charge in [-0.25, -0.2) is 4.98 Å². The minimum atomic E-state index is -0.536. The number of nitrogens with one attached hydrogen (secondary N) is 1. The number of methoxy groups -OCH3 is 1. The maximum atomic E-state index is 10.6. The van der Waals surface area contributed by atoms with Gasteiger partial charge < -0.3 is 15.2 Å². The summed E-state index contributed by atoms with van der Waals surface area (Å²) in [4.78, 5) is 6.77. The van der Waals surface area contributed by atoms with Crippen LogP contribution in [0.15, 0.2) is 30.3 Å². The summed E-state index contributed by atoms with van der Waals surface area (Å²) in [6.07, 6.45) is -0.536. The third kappa shape index (κ3) is 3.15. The fourth-order valence-electron chi connectivity index (χ4n) is 2.77. The second-order valence-corrected chi connectivity index (χ2v) is 5.34. The summed E-state index contributed by atoms with van der Waals surface area (Å²) < 4.78 is 5.20. The first-order valence-electron chi connectivity index (χ1n) is 7.33. The maximum absolute atomic E-state index is 10.6. The van der Waals surface area contributed by atoms with E-state index in [0.29, 0.717) is 12.4 Å². The maximum Gasteiger partial charge on any atom is 0.213 e. The third-order valence-corrected chi connectivity index (χ3v) is 3.93. The molecule has 3 rings (SSSR count). The highest BCUT2D eigenvalue weighted by atomic mass is 16.5. The number of aliphatic hydroxyl groups is 1. The Kier molecular flexibility index (Phi) is 4.34. The Morgan fingerprint density at radius 2 is 2.10 bits per heavy atom. The van der Waals surface area contributed by atoms with E-state index < -0.39 is 6.10 Å². The molecule has 0 amide bonds. The van der Waals surface area contributed by atoms with Crippen LogP contribution in [0.1, 0.15) is 11.7 Å². The third-order valence-electron chi connectivity index (χ3n) is 3.93. The normalized spacial score (nSPS) is 17.8. The van der Waals surface area contributed by atoms with Crippen molar-refractivity contribution in [2.75, 3.05) is 39.8 Å². The minimum absolute atomic E-state index is 0.536. The van der Waals surface area contributed by atoms with Gasteiger partial charge in [0.2, 0.25) is 5.88 Å². The van der Waals surface area contributed by atoms with E-state index in [0.717, 1.165) is 42.6 Å². The fraction of sp³-hybridized carbons (Fsp3) is 0.438. The lowest BCUT2D eigenvalue weighted by atomic mass is 10.0. The lowest BCUT2D eigenvalue weighted by Gasteiger charge is -2.29. The quantitative estimate of drug-likeness (QED) is 0.884. The number of aliphatic hydroxyl groups excluding tert-OH is 1. The molecule has 2 N–H and O–H groups in total. The van der Waals surface area contributed by atoms with Crippen molar-refractivity contribution in [2.24, 2.45) is 0 Å². The van der Waals surface area contributed by atoms with Gasteiger partial charge in [0.05, 0.1) is 18.7 Å². The molecule has 1 aromatic carbocycles. The molecule has 5 heteroatoms. The lowest BCUT2D eigenvalue weighted by Crippen LogP contribution is -2.45. The molecule has 0 bridgehead atoms. The second kappa shape index (κ2) is 6.39. The number of piperazine rings is 1. The zero-order chi connectivity index (χ0) is 14.7. The number of β-amino-alcohol motifs (C(OH)–C–C–N with tert-alkyl or cyclic N) is 1. The molecule has 1 atom stereocenters. The van der Waals surface area contributed by atoms with Crippen LogP contribution in [0.5, 0.6) is 5.88 Å². The highest BCUT2D eigenvalue weighted by molar-refractivity contribution is 5.82. The van der Waals surface area contributed by atoms with Crippen LogP contribution in [0.25, 0.3) is 10.9 Å². The molecule has 0 saturated carbocycles. The van der Waals surface area contributed by atoms with Crippen molar-refractivity contribution in [1.29, 1.82) is 0 Å². The molecular weight excluding hydrogens is 266 g/mol. The standard InChI is InChI=1S/C16H21N3O2/c1-21-15-6-5-12-3-2-4-13(16(12)18-15)14(20)11-19-9-7-17-8-10-19/h2-6,14,17,20H,7-11H2,1H3. The monoisotopic (exact) mass is 287 g/mol. The smallest absolute Gasteiger partial charge is 0.213 e. The number of hydrogen-bond acceptors (Lipinski definition) is 5. The molecule has 1 unspecified atom stereocenters. The first-order valence-corrected chi connectivity index (χ1v) is 7.33. The predicted molar refractivity (Wildman–Crippen MR) is 82.6 cm³/mol. The van der Waals surface area contributed by atoms with Crippen molar-refractivity contribution < 1.29 is 9.84 Å². The number of hydrogen-bond donors (Lipinski definition) is 2. The van der Waals surface area contributed by atoms with Crippen molar-refractivity contribution in [3.63, 3.8) is 0 Å². The summed E-state index contributed by atoms with van der Waals surface area (Å²) in [7, 11) is 1.61. The molecule has 1 fully saturated rings. The highest BCUT2D eigenvalue weighted by Gasteiger charge is 2.18. The molecule has 21 heavy (non-hydrogen) atoms. The molecule has 1 saturated heterocycles. The Bertz CT molecular complexity index is 611. The summed E-state index contributed by atoms with van der Waals surface area (Å²) in [5.74, 6) is 0.573. The molecule has 1 aromatic heterocycles. The number of benzene rings is 1. The van der Waals surface area contributed by atoms with Crippen molar-refractivity contribution in [1.82, 2.24) is 15.2 Å². The molecular formula is C16H21N3O2. The molecule has 0 spiro atoms. The van der Waals surface area contributed by atoms with E-state index in [-0.39, 0.29) is 0 Å². The van der Waals surface area contributed by atoms with Crippen molar-refractivity contribution >= 4 is 10.9 Å². The van der Waals surface area contributed by atoms with E-state index in [1.807, 2.05) is 30.3 Å². The molecule has 1 aliphatic heterocycles. The summed E-state index contributed by atoms with van der Waals surface area (Å²) in [6.45, 7) is 4.54. The zero-order valence-electron chi connectivity index (χ0n) is 12.2. The predicted octanol–water partition coefficient (Wildman–Crippen LogP) is 1.18. The van der Waals surface area contributed by atoms with Gasteiger partial charge in [-0.05, 0) is 6.07 Å². The number of fused-ring (bicyclic) bond motifs is 1. The Labute approximate surface area is 124 Å². The molecule has 0 radical (unpaired) electrons. The Morgan fingerprint density at radius 1 is 1.29 bits per heavy atom. The van der Waals surface area contributed by atoms with E-state index in [4.69, 9.17) is 4.74 Å². The van der Waals surface area contributed by atoms with Crippen LogP contribution in [-0.2, 0) is 0 Å². The summed E-state index contributed by atoms with van der Waals surface area (Å²) in [6, 6.07) is 9.73. The lowest BCUT2D eigenvalue weighted by molar-refractivity contribution is 0.106. The summed E-state index contributed by atoms with van der Waals surface area (Å²) >= 11 is 0. The first-order chi connectivity index (χ1) is 10.3. The SMILES string of the molecule is COc1ccc2cccc(C(O)CN3CCNCC3)c2n1. The van der Waals surface area contributed by atoms with Gasteiger partial charge in [-0.15, -0.1) is 0 Å². The average molecular weight is 287 g/mol. The van der Waals surface area contributed by atoms with Crippen LogP contribution >= 0.6 is 0 Å². The van der Waals surface area contributed by atoms with Crippen LogP contribution in [-0.4, -0.2) is 54.8 Å². The van der Waals surface area contributed by atoms with Gasteiger partial charge in [0.1, 0.15) is 0 Å². The number of ether oxygens (including phenoxy) is 1. The van der Waals surface area contributed by atoms with Gasteiger partial charge >= 0.3 is 0 Å². The van der Waals surface area contributed by atoms with E-state index in [1.165, 1.54) is 0 Å². The van der Waals surface area contributed by atoms with E-state index >= 15 is 0 Å². The van der Waals surface area contributed by atoms with Gasteiger partial charge in [0.15, 0.2) is 0 Å². The van der Waals surface area contributed by atoms with E-state index in [1.54, 1.807) is 7.11 Å². The van der Waals surface area contributed by atoms with Crippen LogP contribution in [0.2, 0.25) is 0 Å². The summed E-state index contributed by atoms with van der Waals surface area (Å²) in [5.41, 5.74) is 1.68. The van der Waals surface area contributed by atoms with Gasteiger partial charge in [0, 0.05) is 49.7 Å². The van der Waals surface area contributed by atoms with E-state index in [2.05, 4.69) is 15.2 Å². The number of pyridine rings is 1. The Balaban J connectivity index is 1.87. The van der Waals surface area contributed by atoms with Crippen LogP contribution in [0, 0.1) is 0 Å². The van der Waals surface area contributed by atoms with Gasteiger partial charge in [-0.2, -0.15) is 0 Å². The molecule has 1 aliphatic rings. The molecule has 2 heterocycles. The number of para-hydroxylation sites is 1. The van der Waals surface area contributed by atoms with Crippen molar-refractivity contribution in [2.45, 2.75) is 6.10 Å². The van der Waals surface area contributed by atoms with Crippen LogP contribution < -0.4 is 10.1 Å². The number of rotatable bonds is 4. The molecule has 112 valence electrons. The topological polar surface area (TPSA) is 57.6 Å². The van der Waals surface area contributed by atoms with Gasteiger partial charge in [0.25, 0.3) is 0 Å². The summed E-state index contributed by atoms with van der Waals surface area (Å²) in [5, 5.41) is 14.9. The second-order valence-electron chi connectivity index (χ2n) is 5.34. The Hall–Kier alpha value is -1.69. The molecule has 0 aliphatic carbocycles. The largest absolute Gasteiger partial charge is 0.481 e. The Morgan fingerprint density at radius 3 is 2.86 bits per heavy atom. The van der Waals surface area contributed by atoms with Gasteiger partial charge in [-0.3, -0.25) is 4.90 Å². The van der Waals surface area contributed by atoms with Crippen molar-refractivity contribution in [3.05, 3.63) is 35.9 Å².